The monoisotopic (exact) mass is 164 g/mol. The van der Waals surface area contributed by atoms with E-state index in [0.717, 1.165) is 18.4 Å². The second-order valence-electron chi connectivity index (χ2n) is 3.59. The Morgan fingerprint density at radius 2 is 2.17 bits per heavy atom. The van der Waals surface area contributed by atoms with E-state index in [1.807, 2.05) is 6.08 Å². The molecule has 0 saturated heterocycles. The zero-order valence-electron chi connectivity index (χ0n) is 8.05. The summed E-state index contributed by atoms with van der Waals surface area (Å²) in [5, 5.41) is 0. The van der Waals surface area contributed by atoms with Crippen molar-refractivity contribution in [2.75, 3.05) is 0 Å². The molecule has 0 aliphatic heterocycles. The van der Waals surface area contributed by atoms with Crippen molar-refractivity contribution in [1.29, 1.82) is 0 Å². The molecule has 0 saturated carbocycles. The Hall–Kier alpha value is -0.850. The van der Waals surface area contributed by atoms with Crippen molar-refractivity contribution in [3.63, 3.8) is 0 Å². The number of hydrogen-bond donors (Lipinski definition) is 0. The van der Waals surface area contributed by atoms with Gasteiger partial charge in [0.2, 0.25) is 0 Å². The second-order valence-corrected chi connectivity index (χ2v) is 3.59. The summed E-state index contributed by atoms with van der Waals surface area (Å²) in [6.07, 6.45) is 6.21. The van der Waals surface area contributed by atoms with Crippen molar-refractivity contribution in [3.8, 4) is 0 Å². The van der Waals surface area contributed by atoms with Gasteiger partial charge in [0.15, 0.2) is 5.78 Å². The van der Waals surface area contributed by atoms with E-state index in [1.54, 1.807) is 6.92 Å². The summed E-state index contributed by atoms with van der Waals surface area (Å²) in [4.78, 5) is 11.2. The van der Waals surface area contributed by atoms with E-state index in [0.29, 0.717) is 5.92 Å². The summed E-state index contributed by atoms with van der Waals surface area (Å²) in [6, 6.07) is 0. The van der Waals surface area contributed by atoms with Crippen LogP contribution in [0.15, 0.2) is 23.3 Å². The van der Waals surface area contributed by atoms with Crippen LogP contribution in [0.1, 0.15) is 33.6 Å². The first-order valence-electron chi connectivity index (χ1n) is 4.53. The van der Waals surface area contributed by atoms with Crippen molar-refractivity contribution < 1.29 is 4.79 Å². The van der Waals surface area contributed by atoms with Crippen molar-refractivity contribution in [3.05, 3.63) is 23.3 Å². The SMILES string of the molecule is CC(=O)C1=C(C(C)C)CCC=C1. The van der Waals surface area contributed by atoms with Gasteiger partial charge >= 0.3 is 0 Å². The quantitative estimate of drug-likeness (QED) is 0.613. The van der Waals surface area contributed by atoms with E-state index in [4.69, 9.17) is 0 Å². The average molecular weight is 164 g/mol. The maximum absolute atomic E-state index is 11.2. The third-order valence-electron chi connectivity index (χ3n) is 2.29. The molecule has 0 unspecified atom stereocenters. The minimum atomic E-state index is 0.203. The van der Waals surface area contributed by atoms with Crippen LogP contribution in [0, 0.1) is 5.92 Å². The van der Waals surface area contributed by atoms with Crippen LogP contribution >= 0.6 is 0 Å². The van der Waals surface area contributed by atoms with Crippen molar-refractivity contribution in [2.24, 2.45) is 5.92 Å². The van der Waals surface area contributed by atoms with Crippen LogP contribution in [0.5, 0.6) is 0 Å². The third-order valence-corrected chi connectivity index (χ3v) is 2.29. The molecule has 1 rings (SSSR count). The van der Waals surface area contributed by atoms with E-state index in [-0.39, 0.29) is 5.78 Å². The maximum atomic E-state index is 11.2. The lowest BCUT2D eigenvalue weighted by molar-refractivity contribution is -0.113. The van der Waals surface area contributed by atoms with Gasteiger partial charge in [-0.05, 0) is 25.7 Å². The predicted octanol–water partition coefficient (Wildman–Crippen LogP) is 2.88. The number of hydrogen-bond acceptors (Lipinski definition) is 1. The minimum absolute atomic E-state index is 0.203. The molecule has 1 heteroatoms. The molecule has 1 nitrogen and oxygen atoms in total. The fourth-order valence-corrected chi connectivity index (χ4v) is 1.62. The molecule has 0 radical (unpaired) electrons. The second kappa shape index (κ2) is 3.70. The zero-order valence-corrected chi connectivity index (χ0v) is 8.05. The van der Waals surface area contributed by atoms with Crippen LogP contribution in [0.4, 0.5) is 0 Å². The van der Waals surface area contributed by atoms with E-state index in [9.17, 15) is 4.79 Å². The molecule has 0 amide bonds. The van der Waals surface area contributed by atoms with Gasteiger partial charge < -0.3 is 0 Å². The Balaban J connectivity index is 3.00. The van der Waals surface area contributed by atoms with Crippen LogP contribution in [-0.2, 0) is 4.79 Å². The average Bonchev–Trinajstić information content (AvgIpc) is 2.04. The summed E-state index contributed by atoms with van der Waals surface area (Å²) in [5.41, 5.74) is 2.27. The van der Waals surface area contributed by atoms with Crippen molar-refractivity contribution in [1.82, 2.24) is 0 Å². The fourth-order valence-electron chi connectivity index (χ4n) is 1.62. The summed E-state index contributed by atoms with van der Waals surface area (Å²) in [7, 11) is 0. The van der Waals surface area contributed by atoms with E-state index in [1.165, 1.54) is 5.57 Å². The highest BCUT2D eigenvalue weighted by Gasteiger charge is 2.14. The molecule has 0 fully saturated rings. The Morgan fingerprint density at radius 1 is 1.50 bits per heavy atom. The van der Waals surface area contributed by atoms with Crippen LogP contribution in [0.3, 0.4) is 0 Å². The first-order valence-corrected chi connectivity index (χ1v) is 4.53. The first kappa shape index (κ1) is 9.24. The molecule has 0 heterocycles. The van der Waals surface area contributed by atoms with Crippen LogP contribution in [0.2, 0.25) is 0 Å². The smallest absolute Gasteiger partial charge is 0.159 e. The number of ketones is 1. The molecule has 0 bridgehead atoms. The van der Waals surface area contributed by atoms with Gasteiger partial charge in [-0.1, -0.05) is 31.6 Å². The Kier molecular flexibility index (Phi) is 2.85. The molecular formula is C11H16O. The largest absolute Gasteiger partial charge is 0.295 e. The molecule has 1 aliphatic carbocycles. The van der Waals surface area contributed by atoms with Crippen LogP contribution in [0.25, 0.3) is 0 Å². The van der Waals surface area contributed by atoms with Gasteiger partial charge in [-0.25, -0.2) is 0 Å². The van der Waals surface area contributed by atoms with Gasteiger partial charge in [0.1, 0.15) is 0 Å². The predicted molar refractivity (Wildman–Crippen MR) is 50.9 cm³/mol. The molecule has 0 spiro atoms. The Morgan fingerprint density at radius 3 is 2.58 bits per heavy atom. The van der Waals surface area contributed by atoms with Gasteiger partial charge in [-0.2, -0.15) is 0 Å². The summed E-state index contributed by atoms with van der Waals surface area (Å²) in [5.74, 6) is 0.712. The highest BCUT2D eigenvalue weighted by atomic mass is 16.1. The molecule has 12 heavy (non-hydrogen) atoms. The lowest BCUT2D eigenvalue weighted by Crippen LogP contribution is -2.07. The van der Waals surface area contributed by atoms with E-state index >= 15 is 0 Å². The van der Waals surface area contributed by atoms with Gasteiger partial charge in [-0.3, -0.25) is 4.79 Å². The van der Waals surface area contributed by atoms with Gasteiger partial charge in [0.25, 0.3) is 0 Å². The molecule has 66 valence electrons. The standard InChI is InChI=1S/C11H16O/c1-8(2)10-6-4-5-7-11(10)9(3)12/h5,7-8H,4,6H2,1-3H3. The molecule has 0 aromatic rings. The van der Waals surface area contributed by atoms with Gasteiger partial charge in [0.05, 0.1) is 0 Å². The number of allylic oxidation sites excluding steroid dienone is 4. The van der Waals surface area contributed by atoms with E-state index < -0.39 is 0 Å². The lowest BCUT2D eigenvalue weighted by Gasteiger charge is -2.17. The fraction of sp³-hybridized carbons (Fsp3) is 0.545. The highest BCUT2D eigenvalue weighted by molar-refractivity contribution is 5.97. The number of carbonyl (C=O) groups is 1. The van der Waals surface area contributed by atoms with Crippen LogP contribution in [-0.4, -0.2) is 5.78 Å². The van der Waals surface area contributed by atoms with Gasteiger partial charge in [0, 0.05) is 5.57 Å². The number of Topliss-reactive ketones (excluding diaryl/α,β-unsaturated/α-hetero) is 1. The third kappa shape index (κ3) is 1.84. The Labute approximate surface area is 74.2 Å². The minimum Gasteiger partial charge on any atom is -0.295 e. The summed E-state index contributed by atoms with van der Waals surface area (Å²) >= 11 is 0. The van der Waals surface area contributed by atoms with Crippen LogP contribution < -0.4 is 0 Å². The summed E-state index contributed by atoms with van der Waals surface area (Å²) in [6.45, 7) is 5.95. The number of carbonyl (C=O) groups excluding carboxylic acids is 1. The zero-order chi connectivity index (χ0) is 9.14. The highest BCUT2D eigenvalue weighted by Crippen LogP contribution is 2.25. The first-order chi connectivity index (χ1) is 5.63. The number of rotatable bonds is 2. The molecule has 1 aliphatic rings. The lowest BCUT2D eigenvalue weighted by atomic mass is 9.88. The van der Waals surface area contributed by atoms with Crippen molar-refractivity contribution >= 4 is 5.78 Å². The molecule has 0 aromatic carbocycles. The molecule has 0 atom stereocenters. The molecule has 0 N–H and O–H groups in total. The Bertz CT molecular complexity index is 244. The normalized spacial score (nSPS) is 17.3. The topological polar surface area (TPSA) is 17.1 Å². The van der Waals surface area contributed by atoms with E-state index in [2.05, 4.69) is 19.9 Å². The summed E-state index contributed by atoms with van der Waals surface area (Å²) < 4.78 is 0. The van der Waals surface area contributed by atoms with Gasteiger partial charge in [-0.15, -0.1) is 0 Å². The van der Waals surface area contributed by atoms with Crippen molar-refractivity contribution in [2.45, 2.75) is 33.6 Å². The molecule has 0 aromatic heterocycles. The molecular weight excluding hydrogens is 148 g/mol. The maximum Gasteiger partial charge on any atom is 0.159 e.